The summed E-state index contributed by atoms with van der Waals surface area (Å²) in [6, 6.07) is 0. The molecule has 68 valence electrons. The molecule has 1 saturated heterocycles. The molecule has 0 aromatic carbocycles. The zero-order valence-corrected chi connectivity index (χ0v) is 7.62. The van der Waals surface area contributed by atoms with Gasteiger partial charge in [-0.3, -0.25) is 4.99 Å². The zero-order valence-electron chi connectivity index (χ0n) is 7.62. The summed E-state index contributed by atoms with van der Waals surface area (Å²) in [5.74, 6) is 1.18. The molecule has 3 heteroatoms. The van der Waals surface area contributed by atoms with Crippen LogP contribution in [-0.2, 0) is 4.74 Å². The lowest BCUT2D eigenvalue weighted by Crippen LogP contribution is -2.39. The number of likely N-dealkylation sites (N-methyl/N-ethyl adjacent to an activating group) is 1. The molecule has 1 unspecified atom stereocenters. The van der Waals surface area contributed by atoms with Crippen LogP contribution in [0, 0.1) is 0 Å². The summed E-state index contributed by atoms with van der Waals surface area (Å²) in [5, 5.41) is 0. The Hall–Kier alpha value is -0.570. The molecule has 2 aliphatic heterocycles. The maximum absolute atomic E-state index is 5.59. The van der Waals surface area contributed by atoms with E-state index in [0.717, 1.165) is 26.1 Å². The maximum atomic E-state index is 5.59. The van der Waals surface area contributed by atoms with E-state index in [2.05, 4.69) is 16.9 Å². The zero-order chi connectivity index (χ0) is 8.39. The summed E-state index contributed by atoms with van der Waals surface area (Å²) in [6.07, 6.45) is 3.84. The van der Waals surface area contributed by atoms with Crippen LogP contribution in [0.15, 0.2) is 4.99 Å². The van der Waals surface area contributed by atoms with E-state index in [1.165, 1.54) is 18.7 Å². The van der Waals surface area contributed by atoms with Gasteiger partial charge in [-0.1, -0.05) is 0 Å². The topological polar surface area (TPSA) is 24.8 Å². The first-order valence-corrected chi connectivity index (χ1v) is 4.75. The highest BCUT2D eigenvalue weighted by Crippen LogP contribution is 2.17. The van der Waals surface area contributed by atoms with Crippen LogP contribution in [0.25, 0.3) is 0 Å². The number of ether oxygens (including phenoxy) is 1. The minimum absolute atomic E-state index is 0.301. The normalized spacial score (nSPS) is 30.6. The second-order valence-electron chi connectivity index (χ2n) is 3.52. The first-order valence-electron chi connectivity index (χ1n) is 4.75. The van der Waals surface area contributed by atoms with Gasteiger partial charge in [-0.2, -0.15) is 0 Å². The highest BCUT2D eigenvalue weighted by Gasteiger charge is 2.25. The molecule has 2 rings (SSSR count). The first kappa shape index (κ1) is 8.05. The van der Waals surface area contributed by atoms with E-state index in [9.17, 15) is 0 Å². The largest absolute Gasteiger partial charge is 0.370 e. The molecule has 0 saturated carbocycles. The molecule has 1 fully saturated rings. The molecule has 2 heterocycles. The molecule has 0 aliphatic carbocycles. The fraction of sp³-hybridized carbons (Fsp3) is 0.889. The number of hydrogen-bond acceptors (Lipinski definition) is 3. The van der Waals surface area contributed by atoms with Gasteiger partial charge in [-0.25, -0.2) is 0 Å². The molecule has 0 bridgehead atoms. The van der Waals surface area contributed by atoms with Crippen molar-refractivity contribution in [1.29, 1.82) is 0 Å². The second kappa shape index (κ2) is 3.44. The van der Waals surface area contributed by atoms with E-state index in [4.69, 9.17) is 4.74 Å². The van der Waals surface area contributed by atoms with Crippen LogP contribution >= 0.6 is 0 Å². The van der Waals surface area contributed by atoms with Gasteiger partial charge in [-0.05, 0) is 19.3 Å². The predicted molar refractivity (Wildman–Crippen MR) is 48.5 cm³/mol. The van der Waals surface area contributed by atoms with Crippen LogP contribution in [0.1, 0.15) is 19.3 Å². The van der Waals surface area contributed by atoms with Gasteiger partial charge in [0.1, 0.15) is 11.9 Å². The van der Waals surface area contributed by atoms with Crippen molar-refractivity contribution in [3.05, 3.63) is 0 Å². The van der Waals surface area contributed by atoms with Gasteiger partial charge in [0.15, 0.2) is 0 Å². The Kier molecular flexibility index (Phi) is 2.30. The minimum Gasteiger partial charge on any atom is -0.370 e. The SMILES string of the molecule is CN1CCCN=C1C1CCCO1. The van der Waals surface area contributed by atoms with Crippen molar-refractivity contribution in [2.75, 3.05) is 26.7 Å². The lowest BCUT2D eigenvalue weighted by atomic mass is 10.2. The van der Waals surface area contributed by atoms with Crippen LogP contribution in [0.4, 0.5) is 0 Å². The minimum atomic E-state index is 0.301. The summed E-state index contributed by atoms with van der Waals surface area (Å²) in [7, 11) is 2.11. The van der Waals surface area contributed by atoms with Crippen LogP contribution in [0.2, 0.25) is 0 Å². The molecule has 0 N–H and O–H groups in total. The third-order valence-electron chi connectivity index (χ3n) is 2.53. The van der Waals surface area contributed by atoms with Crippen LogP contribution < -0.4 is 0 Å². The molecule has 0 radical (unpaired) electrons. The van der Waals surface area contributed by atoms with E-state index in [0.29, 0.717) is 6.10 Å². The Labute approximate surface area is 73.4 Å². The number of nitrogens with zero attached hydrogens (tertiary/aromatic N) is 2. The van der Waals surface area contributed by atoms with Gasteiger partial charge >= 0.3 is 0 Å². The fourth-order valence-corrected chi connectivity index (χ4v) is 1.87. The maximum Gasteiger partial charge on any atom is 0.128 e. The van der Waals surface area contributed by atoms with E-state index < -0.39 is 0 Å². The summed E-state index contributed by atoms with van der Waals surface area (Å²) >= 11 is 0. The lowest BCUT2D eigenvalue weighted by Gasteiger charge is -2.28. The van der Waals surface area contributed by atoms with Crippen molar-refractivity contribution < 1.29 is 4.74 Å². The highest BCUT2D eigenvalue weighted by atomic mass is 16.5. The van der Waals surface area contributed by atoms with E-state index >= 15 is 0 Å². The number of rotatable bonds is 1. The van der Waals surface area contributed by atoms with Crippen molar-refractivity contribution in [2.24, 2.45) is 4.99 Å². The summed E-state index contributed by atoms with van der Waals surface area (Å²) in [5.41, 5.74) is 0. The van der Waals surface area contributed by atoms with E-state index in [1.807, 2.05) is 0 Å². The molecule has 2 aliphatic rings. The van der Waals surface area contributed by atoms with Crippen LogP contribution in [0.5, 0.6) is 0 Å². The molecule has 0 aromatic rings. The molecule has 0 amide bonds. The van der Waals surface area contributed by atoms with Gasteiger partial charge < -0.3 is 9.64 Å². The molecule has 0 aromatic heterocycles. The molecule has 3 nitrogen and oxygen atoms in total. The Balaban J connectivity index is 2.04. The van der Waals surface area contributed by atoms with Crippen molar-refractivity contribution in [3.8, 4) is 0 Å². The Bertz CT molecular complexity index is 185. The van der Waals surface area contributed by atoms with Gasteiger partial charge in [-0.15, -0.1) is 0 Å². The Morgan fingerprint density at radius 1 is 1.50 bits per heavy atom. The van der Waals surface area contributed by atoms with Gasteiger partial charge in [0.2, 0.25) is 0 Å². The molecular formula is C9H16N2O. The Morgan fingerprint density at radius 3 is 3.08 bits per heavy atom. The van der Waals surface area contributed by atoms with E-state index in [1.54, 1.807) is 0 Å². The van der Waals surface area contributed by atoms with Gasteiger partial charge in [0.05, 0.1) is 0 Å². The summed E-state index contributed by atoms with van der Waals surface area (Å²) in [4.78, 5) is 6.75. The first-order chi connectivity index (χ1) is 5.88. The predicted octanol–water partition coefficient (Wildman–Crippen LogP) is 0.899. The van der Waals surface area contributed by atoms with Crippen LogP contribution in [0.3, 0.4) is 0 Å². The second-order valence-corrected chi connectivity index (χ2v) is 3.52. The molecule has 0 spiro atoms. The van der Waals surface area contributed by atoms with Crippen molar-refractivity contribution in [1.82, 2.24) is 4.90 Å². The summed E-state index contributed by atoms with van der Waals surface area (Å²) < 4.78 is 5.59. The highest BCUT2D eigenvalue weighted by molar-refractivity contribution is 5.87. The quantitative estimate of drug-likeness (QED) is 0.581. The smallest absolute Gasteiger partial charge is 0.128 e. The van der Waals surface area contributed by atoms with Crippen molar-refractivity contribution in [2.45, 2.75) is 25.4 Å². The Morgan fingerprint density at radius 2 is 2.42 bits per heavy atom. The third-order valence-corrected chi connectivity index (χ3v) is 2.53. The number of hydrogen-bond donors (Lipinski definition) is 0. The van der Waals surface area contributed by atoms with Crippen LogP contribution in [-0.4, -0.2) is 43.6 Å². The van der Waals surface area contributed by atoms with Gasteiger partial charge in [0, 0.05) is 26.7 Å². The average Bonchev–Trinajstić information content (AvgIpc) is 2.57. The number of amidine groups is 1. The number of aliphatic imine (C=N–C) groups is 1. The third kappa shape index (κ3) is 1.46. The van der Waals surface area contributed by atoms with E-state index in [-0.39, 0.29) is 0 Å². The monoisotopic (exact) mass is 168 g/mol. The fourth-order valence-electron chi connectivity index (χ4n) is 1.87. The lowest BCUT2D eigenvalue weighted by molar-refractivity contribution is 0.147. The molecular weight excluding hydrogens is 152 g/mol. The summed E-state index contributed by atoms with van der Waals surface area (Å²) in [6.45, 7) is 3.04. The van der Waals surface area contributed by atoms with Gasteiger partial charge in [0.25, 0.3) is 0 Å². The van der Waals surface area contributed by atoms with Crippen molar-refractivity contribution in [3.63, 3.8) is 0 Å². The standard InChI is InChI=1S/C9H16N2O/c1-11-6-3-5-10-9(11)8-4-2-7-12-8/h8H,2-7H2,1H3. The van der Waals surface area contributed by atoms with Crippen molar-refractivity contribution >= 4 is 5.84 Å². The average molecular weight is 168 g/mol. The molecule has 1 atom stereocenters. The molecule has 12 heavy (non-hydrogen) atoms.